The molecular weight excluding hydrogens is 439 g/mol. The third-order valence-corrected chi connectivity index (χ3v) is 5.40. The molecule has 1 aliphatic rings. The second-order valence-corrected chi connectivity index (χ2v) is 7.49. The van der Waals surface area contributed by atoms with Gasteiger partial charge in [0.15, 0.2) is 0 Å². The molecule has 0 saturated carbocycles. The number of carbonyl (C=O) groups is 2. The number of nitrogens with one attached hydrogen (secondary N) is 1. The van der Waals surface area contributed by atoms with E-state index in [2.05, 4.69) is 10.5 Å². The molecule has 33 heavy (non-hydrogen) atoms. The molecule has 1 saturated heterocycles. The summed E-state index contributed by atoms with van der Waals surface area (Å²) in [5.74, 6) is -0.00326. The van der Waals surface area contributed by atoms with Gasteiger partial charge in [-0.1, -0.05) is 18.2 Å². The van der Waals surface area contributed by atoms with E-state index in [4.69, 9.17) is 9.47 Å². The number of hydrogen-bond acceptors (Lipinski definition) is 5. The quantitative estimate of drug-likeness (QED) is 0.523. The molecule has 3 rings (SSSR count). The number of halogens is 3. The average molecular weight is 463 g/mol. The second-order valence-electron chi connectivity index (χ2n) is 7.49. The summed E-state index contributed by atoms with van der Waals surface area (Å²) in [6.45, 7) is 0.716. The number of hydrogen-bond donors (Lipinski definition) is 1. The number of piperidine rings is 1. The fourth-order valence-corrected chi connectivity index (χ4v) is 3.58. The van der Waals surface area contributed by atoms with Gasteiger partial charge in [-0.2, -0.15) is 18.3 Å². The molecule has 2 amide bonds. The summed E-state index contributed by atoms with van der Waals surface area (Å²) in [6.07, 6.45) is -2.71. The third-order valence-electron chi connectivity index (χ3n) is 5.40. The van der Waals surface area contributed by atoms with Crippen LogP contribution in [-0.2, 0) is 11.0 Å². The van der Waals surface area contributed by atoms with Crippen LogP contribution >= 0.6 is 0 Å². The highest BCUT2D eigenvalue weighted by Crippen LogP contribution is 2.31. The van der Waals surface area contributed by atoms with Crippen molar-refractivity contribution in [1.29, 1.82) is 0 Å². The maximum atomic E-state index is 13.0. The Bertz CT molecular complexity index is 1010. The summed E-state index contributed by atoms with van der Waals surface area (Å²) in [6, 6.07) is 9.89. The first-order valence-corrected chi connectivity index (χ1v) is 10.2. The van der Waals surface area contributed by atoms with E-state index in [0.717, 1.165) is 12.3 Å². The highest BCUT2D eigenvalue weighted by molar-refractivity contribution is 5.95. The van der Waals surface area contributed by atoms with Gasteiger partial charge in [0.2, 0.25) is 5.91 Å². The number of ether oxygens (including phenoxy) is 2. The third kappa shape index (κ3) is 6.03. The van der Waals surface area contributed by atoms with Crippen LogP contribution in [0.4, 0.5) is 13.2 Å². The molecular formula is C23H24F3N3O4. The summed E-state index contributed by atoms with van der Waals surface area (Å²) in [4.78, 5) is 26.9. The van der Waals surface area contributed by atoms with E-state index in [1.807, 2.05) is 0 Å². The number of alkyl halides is 3. The van der Waals surface area contributed by atoms with Crippen molar-refractivity contribution < 1.29 is 32.2 Å². The molecule has 0 unspecified atom stereocenters. The second kappa shape index (κ2) is 10.4. The summed E-state index contributed by atoms with van der Waals surface area (Å²) >= 11 is 0. The van der Waals surface area contributed by atoms with Crippen LogP contribution in [-0.4, -0.2) is 50.2 Å². The van der Waals surface area contributed by atoms with Crippen molar-refractivity contribution in [2.75, 3.05) is 27.3 Å². The highest BCUT2D eigenvalue weighted by Gasteiger charge is 2.32. The van der Waals surface area contributed by atoms with Crippen molar-refractivity contribution in [2.45, 2.75) is 19.0 Å². The Labute approximate surface area is 189 Å². The number of rotatable bonds is 6. The number of methoxy groups -OCH3 is 2. The van der Waals surface area contributed by atoms with Crippen LogP contribution in [0.1, 0.15) is 34.3 Å². The van der Waals surface area contributed by atoms with Crippen molar-refractivity contribution in [3.8, 4) is 11.5 Å². The van der Waals surface area contributed by atoms with Crippen molar-refractivity contribution in [3.05, 3.63) is 59.2 Å². The van der Waals surface area contributed by atoms with Gasteiger partial charge >= 0.3 is 6.18 Å². The van der Waals surface area contributed by atoms with Crippen LogP contribution in [0.15, 0.2) is 47.6 Å². The first-order valence-electron chi connectivity index (χ1n) is 10.2. The zero-order chi connectivity index (χ0) is 24.0. The minimum absolute atomic E-state index is 0.139. The predicted molar refractivity (Wildman–Crippen MR) is 115 cm³/mol. The molecule has 1 heterocycles. The van der Waals surface area contributed by atoms with Crippen LogP contribution in [0.5, 0.6) is 11.5 Å². The molecule has 7 nitrogen and oxygen atoms in total. The van der Waals surface area contributed by atoms with Crippen molar-refractivity contribution in [1.82, 2.24) is 10.3 Å². The lowest BCUT2D eigenvalue weighted by atomic mass is 9.95. The Morgan fingerprint density at radius 1 is 1.06 bits per heavy atom. The normalized spacial score (nSPS) is 14.9. The first kappa shape index (κ1) is 24.1. The zero-order valence-corrected chi connectivity index (χ0v) is 18.2. The van der Waals surface area contributed by atoms with Crippen molar-refractivity contribution >= 4 is 18.0 Å². The standard InChI is InChI=1S/C23H24F3N3O4/c1-32-18-11-17(12-19(13-18)33-2)22(31)29-9-7-15(8-10-29)21(30)28-27-14-16-5-3-4-6-20(16)23(24,25)26/h3-6,11-15H,7-10H2,1-2H3,(H,28,30). The van der Waals surface area contributed by atoms with E-state index in [-0.39, 0.29) is 11.5 Å². The lowest BCUT2D eigenvalue weighted by Gasteiger charge is -2.31. The largest absolute Gasteiger partial charge is 0.497 e. The van der Waals surface area contributed by atoms with Crippen LogP contribution in [0.25, 0.3) is 0 Å². The maximum absolute atomic E-state index is 13.0. The van der Waals surface area contributed by atoms with Crippen LogP contribution in [0.3, 0.4) is 0 Å². The highest BCUT2D eigenvalue weighted by atomic mass is 19.4. The topological polar surface area (TPSA) is 80.2 Å². The molecule has 176 valence electrons. The van der Waals surface area contributed by atoms with Gasteiger partial charge in [-0.05, 0) is 31.0 Å². The average Bonchev–Trinajstić information content (AvgIpc) is 2.82. The monoisotopic (exact) mass is 463 g/mol. The smallest absolute Gasteiger partial charge is 0.417 e. The van der Waals surface area contributed by atoms with Gasteiger partial charge in [-0.3, -0.25) is 9.59 Å². The lowest BCUT2D eigenvalue weighted by molar-refractivity contribution is -0.137. The van der Waals surface area contributed by atoms with E-state index >= 15 is 0 Å². The van der Waals surface area contributed by atoms with Gasteiger partial charge in [-0.15, -0.1) is 0 Å². The molecule has 0 radical (unpaired) electrons. The summed E-state index contributed by atoms with van der Waals surface area (Å²) in [5.41, 5.74) is 1.76. The fourth-order valence-electron chi connectivity index (χ4n) is 3.58. The number of hydrazone groups is 1. The SMILES string of the molecule is COc1cc(OC)cc(C(=O)N2CCC(C(=O)NN=Cc3ccccc3C(F)(F)F)CC2)c1. The van der Waals surface area contributed by atoms with Gasteiger partial charge in [-0.25, -0.2) is 5.43 Å². The molecule has 0 spiro atoms. The van der Waals surface area contributed by atoms with Gasteiger partial charge in [0, 0.05) is 36.2 Å². The minimum atomic E-state index is -4.52. The first-order chi connectivity index (χ1) is 15.7. The Morgan fingerprint density at radius 2 is 1.67 bits per heavy atom. The van der Waals surface area contributed by atoms with Gasteiger partial charge < -0.3 is 14.4 Å². The van der Waals surface area contributed by atoms with Crippen LogP contribution in [0.2, 0.25) is 0 Å². The van der Waals surface area contributed by atoms with E-state index in [0.29, 0.717) is 43.0 Å². The molecule has 1 fully saturated rings. The van der Waals surface area contributed by atoms with E-state index in [1.54, 1.807) is 23.1 Å². The molecule has 1 N–H and O–H groups in total. The minimum Gasteiger partial charge on any atom is -0.497 e. The molecule has 1 aliphatic heterocycles. The lowest BCUT2D eigenvalue weighted by Crippen LogP contribution is -2.42. The molecule has 2 aromatic carbocycles. The number of likely N-dealkylation sites (tertiary alicyclic amines) is 1. The van der Waals surface area contributed by atoms with Crippen molar-refractivity contribution in [2.24, 2.45) is 11.0 Å². The number of benzene rings is 2. The van der Waals surface area contributed by atoms with Gasteiger partial charge in [0.1, 0.15) is 11.5 Å². The van der Waals surface area contributed by atoms with Gasteiger partial charge in [0.05, 0.1) is 26.0 Å². The summed E-state index contributed by atoms with van der Waals surface area (Å²) < 4.78 is 49.5. The van der Waals surface area contributed by atoms with E-state index < -0.39 is 23.6 Å². The number of amides is 2. The van der Waals surface area contributed by atoms with E-state index in [9.17, 15) is 22.8 Å². The van der Waals surface area contributed by atoms with Gasteiger partial charge in [0.25, 0.3) is 5.91 Å². The molecule has 0 aliphatic carbocycles. The van der Waals surface area contributed by atoms with Crippen LogP contribution < -0.4 is 14.9 Å². The zero-order valence-electron chi connectivity index (χ0n) is 18.2. The Hall–Kier alpha value is -3.56. The molecule has 0 bridgehead atoms. The number of nitrogens with zero attached hydrogens (tertiary/aromatic N) is 2. The van der Waals surface area contributed by atoms with E-state index in [1.165, 1.54) is 32.4 Å². The Morgan fingerprint density at radius 3 is 2.24 bits per heavy atom. The summed E-state index contributed by atoms with van der Waals surface area (Å²) in [7, 11) is 2.99. The molecule has 0 aromatic heterocycles. The number of carbonyl (C=O) groups excluding carboxylic acids is 2. The summed E-state index contributed by atoms with van der Waals surface area (Å²) in [5, 5.41) is 3.70. The molecule has 10 heteroatoms. The predicted octanol–water partition coefficient (Wildman–Crippen LogP) is 3.73. The Kier molecular flexibility index (Phi) is 7.57. The van der Waals surface area contributed by atoms with Crippen LogP contribution in [0, 0.1) is 5.92 Å². The van der Waals surface area contributed by atoms with Crippen molar-refractivity contribution in [3.63, 3.8) is 0 Å². The Balaban J connectivity index is 1.57. The molecule has 0 atom stereocenters. The molecule has 2 aromatic rings. The maximum Gasteiger partial charge on any atom is 0.417 e. The fraction of sp³-hybridized carbons (Fsp3) is 0.348.